The normalized spacial score (nSPS) is 22.7. The van der Waals surface area contributed by atoms with Gasteiger partial charge >= 0.3 is 6.18 Å². The Bertz CT molecular complexity index is 528. The van der Waals surface area contributed by atoms with Gasteiger partial charge in [0.25, 0.3) is 0 Å². The van der Waals surface area contributed by atoms with Crippen LogP contribution in [0.15, 0.2) is 24.3 Å². The summed E-state index contributed by atoms with van der Waals surface area (Å²) in [6, 6.07) is 1.72. The Balaban J connectivity index is 2.04. The quantitative estimate of drug-likeness (QED) is 0.430. The molecule has 1 saturated carbocycles. The number of hydrogen-bond donors (Lipinski definition) is 0. The number of rotatable bonds is 4. The first-order valence-electron chi connectivity index (χ1n) is 8.00. The summed E-state index contributed by atoms with van der Waals surface area (Å²) in [6.45, 7) is 1.98. The molecule has 0 heterocycles. The molecule has 0 bridgehead atoms. The summed E-state index contributed by atoms with van der Waals surface area (Å²) >= 11 is 0. The smallest absolute Gasteiger partial charge is 0.206 e. The molecule has 0 nitrogen and oxygen atoms in total. The van der Waals surface area contributed by atoms with E-state index in [2.05, 4.69) is 6.08 Å². The minimum absolute atomic E-state index is 0.0562. The molecule has 0 saturated heterocycles. The van der Waals surface area contributed by atoms with E-state index in [1.54, 1.807) is 0 Å². The second-order valence-corrected chi connectivity index (χ2v) is 6.22. The van der Waals surface area contributed by atoms with Crippen molar-refractivity contribution in [2.45, 2.75) is 57.5 Å². The van der Waals surface area contributed by atoms with Gasteiger partial charge in [-0.1, -0.05) is 12.2 Å². The van der Waals surface area contributed by atoms with Crippen molar-refractivity contribution < 1.29 is 22.0 Å². The van der Waals surface area contributed by atoms with Gasteiger partial charge in [0.15, 0.2) is 0 Å². The largest absolute Gasteiger partial charge is 0.422 e. The van der Waals surface area contributed by atoms with Crippen LogP contribution in [0.2, 0.25) is 0 Å². The van der Waals surface area contributed by atoms with Crippen molar-refractivity contribution >= 4 is 0 Å². The van der Waals surface area contributed by atoms with E-state index >= 15 is 0 Å². The van der Waals surface area contributed by atoms with Crippen LogP contribution in [0, 0.1) is 17.6 Å². The zero-order valence-electron chi connectivity index (χ0n) is 13.1. The highest BCUT2D eigenvalue weighted by Crippen LogP contribution is 2.40. The molecule has 1 aliphatic carbocycles. The van der Waals surface area contributed by atoms with E-state index < -0.39 is 23.4 Å². The zero-order chi connectivity index (χ0) is 17.0. The number of halogens is 5. The number of benzene rings is 1. The van der Waals surface area contributed by atoms with Gasteiger partial charge < -0.3 is 0 Å². The van der Waals surface area contributed by atoms with Crippen LogP contribution in [-0.2, 0) is 6.18 Å². The first kappa shape index (κ1) is 18.0. The molecule has 0 atom stereocenters. The van der Waals surface area contributed by atoms with E-state index in [0.29, 0.717) is 11.5 Å². The monoisotopic (exact) mass is 332 g/mol. The third-order valence-electron chi connectivity index (χ3n) is 4.64. The van der Waals surface area contributed by atoms with Crippen LogP contribution in [-0.4, -0.2) is 0 Å². The van der Waals surface area contributed by atoms with Crippen LogP contribution in [0.25, 0.3) is 0 Å². The highest BCUT2D eigenvalue weighted by Gasteiger charge is 2.38. The second-order valence-electron chi connectivity index (χ2n) is 6.22. The maximum absolute atomic E-state index is 13.7. The highest BCUT2D eigenvalue weighted by atomic mass is 19.4. The molecule has 0 unspecified atom stereocenters. The summed E-state index contributed by atoms with van der Waals surface area (Å²) in [6.07, 6.45) is 4.68. The maximum atomic E-state index is 13.7. The van der Waals surface area contributed by atoms with Gasteiger partial charge in [0, 0.05) is 0 Å². The molecule has 1 aliphatic rings. The molecule has 0 spiro atoms. The van der Waals surface area contributed by atoms with E-state index in [0.717, 1.165) is 50.7 Å². The van der Waals surface area contributed by atoms with Gasteiger partial charge in [-0.3, -0.25) is 0 Å². The fourth-order valence-corrected chi connectivity index (χ4v) is 3.38. The Labute approximate surface area is 133 Å². The molecule has 0 aromatic heterocycles. The Morgan fingerprint density at radius 1 is 1.04 bits per heavy atom. The lowest BCUT2D eigenvalue weighted by Crippen LogP contribution is -2.16. The first-order valence-corrected chi connectivity index (χ1v) is 8.00. The Kier molecular flexibility index (Phi) is 5.82. The van der Waals surface area contributed by atoms with Crippen molar-refractivity contribution in [3.05, 3.63) is 47.0 Å². The van der Waals surface area contributed by atoms with E-state index in [1.807, 2.05) is 13.0 Å². The summed E-state index contributed by atoms with van der Waals surface area (Å²) < 4.78 is 65.1. The van der Waals surface area contributed by atoms with Gasteiger partial charge in [-0.15, -0.1) is 0 Å². The van der Waals surface area contributed by atoms with Crippen LogP contribution in [0.4, 0.5) is 22.0 Å². The van der Waals surface area contributed by atoms with Crippen LogP contribution in [0.1, 0.15) is 62.5 Å². The molecule has 5 heteroatoms. The summed E-state index contributed by atoms with van der Waals surface area (Å²) in [5, 5.41) is 0. The number of hydrogen-bond acceptors (Lipinski definition) is 0. The zero-order valence-corrected chi connectivity index (χ0v) is 13.1. The summed E-state index contributed by atoms with van der Waals surface area (Å²) in [7, 11) is 0. The van der Waals surface area contributed by atoms with Crippen LogP contribution in [0.5, 0.6) is 0 Å². The van der Waals surface area contributed by atoms with Crippen molar-refractivity contribution in [1.29, 1.82) is 0 Å². The molecule has 0 N–H and O–H groups in total. The van der Waals surface area contributed by atoms with E-state index in [-0.39, 0.29) is 5.92 Å². The van der Waals surface area contributed by atoms with E-state index in [9.17, 15) is 22.0 Å². The highest BCUT2D eigenvalue weighted by molar-refractivity contribution is 5.30. The van der Waals surface area contributed by atoms with Crippen molar-refractivity contribution in [2.75, 3.05) is 0 Å². The minimum atomic E-state index is -5.00. The lowest BCUT2D eigenvalue weighted by molar-refractivity contribution is -0.142. The fourth-order valence-electron chi connectivity index (χ4n) is 3.38. The molecule has 1 fully saturated rings. The lowest BCUT2D eigenvalue weighted by atomic mass is 9.77. The predicted octanol–water partition coefficient (Wildman–Crippen LogP) is 6.61. The molecule has 128 valence electrons. The molecule has 23 heavy (non-hydrogen) atoms. The SMILES string of the molecule is C/C=C/CCC1CCC(c2cc(F)c(C(F)(F)F)c(F)c2)CC1. The van der Waals surface area contributed by atoms with Gasteiger partial charge in [-0.25, -0.2) is 8.78 Å². The van der Waals surface area contributed by atoms with Crippen molar-refractivity contribution in [1.82, 2.24) is 0 Å². The standard InChI is InChI=1S/C18H21F5/c1-2-3-4-5-12-6-8-13(9-7-12)14-10-15(19)17(16(20)11-14)18(21,22)23/h2-3,10-13H,4-9H2,1H3/b3-2+. The van der Waals surface area contributed by atoms with Crippen LogP contribution >= 0.6 is 0 Å². The number of allylic oxidation sites excluding steroid dienone is 2. The minimum Gasteiger partial charge on any atom is -0.206 e. The Morgan fingerprint density at radius 3 is 2.09 bits per heavy atom. The summed E-state index contributed by atoms with van der Waals surface area (Å²) in [5.41, 5.74) is -1.44. The van der Waals surface area contributed by atoms with Gasteiger partial charge in [0.2, 0.25) is 0 Å². The summed E-state index contributed by atoms with van der Waals surface area (Å²) in [5.74, 6) is -2.49. The molecule has 0 radical (unpaired) electrons. The van der Waals surface area contributed by atoms with E-state index in [4.69, 9.17) is 0 Å². The second kappa shape index (κ2) is 7.45. The Morgan fingerprint density at radius 2 is 1.61 bits per heavy atom. The van der Waals surface area contributed by atoms with Crippen molar-refractivity contribution in [2.24, 2.45) is 5.92 Å². The lowest BCUT2D eigenvalue weighted by Gasteiger charge is -2.29. The van der Waals surface area contributed by atoms with E-state index in [1.165, 1.54) is 0 Å². The maximum Gasteiger partial charge on any atom is 0.422 e. The van der Waals surface area contributed by atoms with Gasteiger partial charge in [0.1, 0.15) is 17.2 Å². The van der Waals surface area contributed by atoms with Crippen molar-refractivity contribution in [3.8, 4) is 0 Å². The van der Waals surface area contributed by atoms with Crippen LogP contribution in [0.3, 0.4) is 0 Å². The molecular formula is C18H21F5. The molecule has 1 aromatic rings. The summed E-state index contributed by atoms with van der Waals surface area (Å²) in [4.78, 5) is 0. The average molecular weight is 332 g/mol. The molecular weight excluding hydrogens is 311 g/mol. The third kappa shape index (κ3) is 4.55. The van der Waals surface area contributed by atoms with Crippen molar-refractivity contribution in [3.63, 3.8) is 0 Å². The van der Waals surface area contributed by atoms with Crippen LogP contribution < -0.4 is 0 Å². The fraction of sp³-hybridized carbons (Fsp3) is 0.556. The Hall–Kier alpha value is -1.39. The number of alkyl halides is 3. The van der Waals surface area contributed by atoms with Gasteiger partial charge in [-0.2, -0.15) is 13.2 Å². The van der Waals surface area contributed by atoms with Gasteiger partial charge in [-0.05, 0) is 75.0 Å². The predicted molar refractivity (Wildman–Crippen MR) is 80.1 cm³/mol. The first-order chi connectivity index (χ1) is 10.8. The molecule has 2 rings (SSSR count). The molecule has 0 aliphatic heterocycles. The molecule has 1 aromatic carbocycles. The average Bonchev–Trinajstić information content (AvgIpc) is 2.46. The molecule has 0 amide bonds. The topological polar surface area (TPSA) is 0 Å². The third-order valence-corrected chi connectivity index (χ3v) is 4.64. The van der Waals surface area contributed by atoms with Gasteiger partial charge in [0.05, 0.1) is 0 Å².